The summed E-state index contributed by atoms with van der Waals surface area (Å²) >= 11 is 1.44. The Bertz CT molecular complexity index is 834. The number of carbonyl (C=O) groups is 3. The van der Waals surface area contributed by atoms with E-state index in [9.17, 15) is 19.5 Å². The number of amides is 1. The number of rotatable bonds is 5. The zero-order valence-electron chi connectivity index (χ0n) is 17.3. The molecule has 4 atom stereocenters. The first-order valence-electron chi connectivity index (χ1n) is 11.0. The SMILES string of the molecule is CCOC(=O)c1c(NC(=O)C2C3CCC(O3)C2C(=O)O)sc2c1CCCCCCC2. The van der Waals surface area contributed by atoms with Gasteiger partial charge in [0.05, 0.1) is 36.2 Å². The molecule has 0 radical (unpaired) electrons. The molecule has 2 saturated heterocycles. The number of carboxylic acids is 1. The Morgan fingerprint density at radius 3 is 2.43 bits per heavy atom. The van der Waals surface area contributed by atoms with Gasteiger partial charge in [-0.25, -0.2) is 4.79 Å². The van der Waals surface area contributed by atoms with E-state index >= 15 is 0 Å². The molecular weight excluding hydrogens is 406 g/mol. The minimum atomic E-state index is -0.998. The highest BCUT2D eigenvalue weighted by atomic mass is 32.1. The average Bonchev–Trinajstić information content (AvgIpc) is 3.40. The second-order valence-corrected chi connectivity index (χ2v) is 9.47. The Balaban J connectivity index is 1.63. The monoisotopic (exact) mass is 435 g/mol. The van der Waals surface area contributed by atoms with Crippen LogP contribution in [0.1, 0.15) is 72.7 Å². The Labute approximate surface area is 180 Å². The van der Waals surface area contributed by atoms with E-state index in [0.717, 1.165) is 49.0 Å². The first-order valence-corrected chi connectivity index (χ1v) is 11.8. The minimum Gasteiger partial charge on any atom is -0.481 e. The van der Waals surface area contributed by atoms with E-state index in [-0.39, 0.29) is 18.6 Å². The molecule has 4 rings (SSSR count). The zero-order valence-corrected chi connectivity index (χ0v) is 18.1. The molecule has 30 heavy (non-hydrogen) atoms. The molecule has 3 aliphatic rings. The van der Waals surface area contributed by atoms with Crippen molar-refractivity contribution in [2.24, 2.45) is 11.8 Å². The van der Waals surface area contributed by atoms with Crippen LogP contribution in [-0.4, -0.2) is 41.8 Å². The Morgan fingerprint density at radius 1 is 1.07 bits per heavy atom. The van der Waals surface area contributed by atoms with Gasteiger partial charge in [-0.3, -0.25) is 9.59 Å². The highest BCUT2D eigenvalue weighted by Gasteiger charge is 2.55. The number of ether oxygens (including phenoxy) is 2. The van der Waals surface area contributed by atoms with Crippen molar-refractivity contribution in [2.45, 2.75) is 76.9 Å². The summed E-state index contributed by atoms with van der Waals surface area (Å²) in [5.74, 6) is -3.35. The van der Waals surface area contributed by atoms with Gasteiger partial charge >= 0.3 is 11.9 Å². The fraction of sp³-hybridized carbons (Fsp3) is 0.682. The van der Waals surface area contributed by atoms with Crippen molar-refractivity contribution < 1.29 is 29.0 Å². The van der Waals surface area contributed by atoms with Gasteiger partial charge in [0, 0.05) is 4.88 Å². The summed E-state index contributed by atoms with van der Waals surface area (Å²) in [5, 5.41) is 13.0. The molecule has 2 N–H and O–H groups in total. The van der Waals surface area contributed by atoms with E-state index < -0.39 is 29.9 Å². The van der Waals surface area contributed by atoms with Gasteiger partial charge < -0.3 is 19.9 Å². The zero-order chi connectivity index (χ0) is 21.3. The maximum atomic E-state index is 13.2. The fourth-order valence-electron chi connectivity index (χ4n) is 5.12. The third-order valence-electron chi connectivity index (χ3n) is 6.50. The van der Waals surface area contributed by atoms with E-state index in [1.54, 1.807) is 6.92 Å². The second-order valence-electron chi connectivity index (χ2n) is 8.37. The van der Waals surface area contributed by atoms with Crippen LogP contribution in [0.3, 0.4) is 0 Å². The van der Waals surface area contributed by atoms with Crippen LogP contribution in [0.2, 0.25) is 0 Å². The predicted molar refractivity (Wildman–Crippen MR) is 112 cm³/mol. The third kappa shape index (κ3) is 3.99. The molecule has 4 unspecified atom stereocenters. The molecule has 1 aromatic heterocycles. The van der Waals surface area contributed by atoms with Crippen molar-refractivity contribution in [2.75, 3.05) is 11.9 Å². The van der Waals surface area contributed by atoms with Crippen molar-refractivity contribution >= 4 is 34.2 Å². The largest absolute Gasteiger partial charge is 0.481 e. The van der Waals surface area contributed by atoms with Crippen molar-refractivity contribution in [1.29, 1.82) is 0 Å². The number of nitrogens with one attached hydrogen (secondary N) is 1. The standard InChI is InChI=1S/C22H29NO6S/c1-2-28-22(27)16-12-8-6-4-3-5-7-9-15(12)30-20(16)23-19(24)17-13-10-11-14(29-13)18(17)21(25)26/h13-14,17-18H,2-11H2,1H3,(H,23,24)(H,25,26). The number of aliphatic carboxylic acids is 1. The summed E-state index contributed by atoms with van der Waals surface area (Å²) in [6.07, 6.45) is 7.83. The molecule has 0 spiro atoms. The molecule has 3 heterocycles. The average molecular weight is 436 g/mol. The highest BCUT2D eigenvalue weighted by Crippen LogP contribution is 2.45. The van der Waals surface area contributed by atoms with Crippen LogP contribution in [0.5, 0.6) is 0 Å². The molecule has 1 amide bonds. The molecule has 2 fully saturated rings. The Kier molecular flexibility index (Phi) is 6.43. The van der Waals surface area contributed by atoms with Gasteiger partial charge in [-0.05, 0) is 51.0 Å². The van der Waals surface area contributed by atoms with Gasteiger partial charge in [0.2, 0.25) is 5.91 Å². The van der Waals surface area contributed by atoms with Crippen LogP contribution in [0.4, 0.5) is 5.00 Å². The number of esters is 1. The highest BCUT2D eigenvalue weighted by molar-refractivity contribution is 7.17. The Morgan fingerprint density at radius 2 is 1.73 bits per heavy atom. The quantitative estimate of drug-likeness (QED) is 0.683. The van der Waals surface area contributed by atoms with Gasteiger partial charge in [0.15, 0.2) is 0 Å². The second kappa shape index (κ2) is 9.06. The molecule has 1 aromatic rings. The van der Waals surface area contributed by atoms with Gasteiger partial charge in [-0.2, -0.15) is 0 Å². The number of hydrogen-bond acceptors (Lipinski definition) is 6. The van der Waals surface area contributed by atoms with Crippen LogP contribution in [0.25, 0.3) is 0 Å². The maximum Gasteiger partial charge on any atom is 0.341 e. The lowest BCUT2D eigenvalue weighted by Gasteiger charge is -2.23. The van der Waals surface area contributed by atoms with Crippen LogP contribution >= 0.6 is 11.3 Å². The van der Waals surface area contributed by atoms with Gasteiger partial charge in [0.25, 0.3) is 0 Å². The molecular formula is C22H29NO6S. The van der Waals surface area contributed by atoms with Gasteiger partial charge in [-0.1, -0.05) is 19.3 Å². The van der Waals surface area contributed by atoms with Crippen molar-refractivity contribution in [3.05, 3.63) is 16.0 Å². The topological polar surface area (TPSA) is 102 Å². The summed E-state index contributed by atoms with van der Waals surface area (Å²) in [7, 11) is 0. The van der Waals surface area contributed by atoms with E-state index in [2.05, 4.69) is 5.32 Å². The lowest BCUT2D eigenvalue weighted by atomic mass is 9.78. The lowest BCUT2D eigenvalue weighted by Crippen LogP contribution is -2.41. The first kappa shape index (κ1) is 21.3. The lowest BCUT2D eigenvalue weighted by molar-refractivity contribution is -0.147. The molecule has 0 saturated carbocycles. The third-order valence-corrected chi connectivity index (χ3v) is 7.71. The number of fused-ring (bicyclic) bond motifs is 3. The van der Waals surface area contributed by atoms with Gasteiger partial charge in [0.1, 0.15) is 5.00 Å². The van der Waals surface area contributed by atoms with Crippen LogP contribution in [0.15, 0.2) is 0 Å². The molecule has 2 bridgehead atoms. The van der Waals surface area contributed by atoms with E-state index in [4.69, 9.17) is 9.47 Å². The number of hydrogen-bond donors (Lipinski definition) is 2. The smallest absolute Gasteiger partial charge is 0.341 e. The predicted octanol–water partition coefficient (Wildman–Crippen LogP) is 3.79. The Hall–Kier alpha value is -1.93. The molecule has 7 nitrogen and oxygen atoms in total. The number of carboxylic acid groups (broad SMARTS) is 1. The van der Waals surface area contributed by atoms with Crippen molar-refractivity contribution in [3.63, 3.8) is 0 Å². The van der Waals surface area contributed by atoms with Gasteiger partial charge in [-0.15, -0.1) is 11.3 Å². The van der Waals surface area contributed by atoms with Crippen LogP contribution < -0.4 is 5.32 Å². The number of thiophene rings is 1. The van der Waals surface area contributed by atoms with Crippen LogP contribution in [-0.2, 0) is 31.9 Å². The number of carbonyl (C=O) groups excluding carboxylic acids is 2. The van der Waals surface area contributed by atoms with E-state index in [0.29, 0.717) is 23.4 Å². The molecule has 0 aromatic carbocycles. The van der Waals surface area contributed by atoms with E-state index in [1.165, 1.54) is 17.8 Å². The molecule has 1 aliphatic carbocycles. The summed E-state index contributed by atoms with van der Waals surface area (Å²) < 4.78 is 11.0. The number of anilines is 1. The molecule has 2 aliphatic heterocycles. The summed E-state index contributed by atoms with van der Waals surface area (Å²) in [5.41, 5.74) is 1.46. The maximum absolute atomic E-state index is 13.2. The molecule has 164 valence electrons. The van der Waals surface area contributed by atoms with Crippen molar-refractivity contribution in [3.8, 4) is 0 Å². The summed E-state index contributed by atoms with van der Waals surface area (Å²) in [6, 6.07) is 0. The fourth-order valence-corrected chi connectivity index (χ4v) is 6.40. The van der Waals surface area contributed by atoms with Crippen LogP contribution in [0, 0.1) is 11.8 Å². The summed E-state index contributed by atoms with van der Waals surface area (Å²) in [6.45, 7) is 2.03. The number of aryl methyl sites for hydroxylation is 1. The normalized spacial score (nSPS) is 28.2. The first-order chi connectivity index (χ1) is 14.5. The van der Waals surface area contributed by atoms with Crippen molar-refractivity contribution in [1.82, 2.24) is 0 Å². The summed E-state index contributed by atoms with van der Waals surface area (Å²) in [4.78, 5) is 38.8. The minimum absolute atomic E-state index is 0.262. The molecule has 8 heteroatoms. The van der Waals surface area contributed by atoms with E-state index in [1.807, 2.05) is 0 Å².